The first kappa shape index (κ1) is 19.2. The first-order chi connectivity index (χ1) is 9.06. The number of amides is 1. The van der Waals surface area contributed by atoms with Crippen molar-refractivity contribution in [3.8, 4) is 0 Å². The lowest BCUT2D eigenvalue weighted by molar-refractivity contribution is 0.0477. The second-order valence-electron chi connectivity index (χ2n) is 6.90. The van der Waals surface area contributed by atoms with Crippen LogP contribution in [0.4, 0.5) is 4.79 Å². The number of carbonyl (C=O) groups excluding carboxylic acids is 1. The molecule has 0 fully saturated rings. The highest BCUT2D eigenvalue weighted by Crippen LogP contribution is 2.09. The minimum absolute atomic E-state index is 0.0491. The summed E-state index contributed by atoms with van der Waals surface area (Å²) in [7, 11) is 2.05. The van der Waals surface area contributed by atoms with E-state index in [1.165, 1.54) is 0 Å². The van der Waals surface area contributed by atoms with Gasteiger partial charge in [0.05, 0.1) is 0 Å². The van der Waals surface area contributed by atoms with Crippen molar-refractivity contribution in [1.82, 2.24) is 10.2 Å². The van der Waals surface area contributed by atoms with Gasteiger partial charge in [-0.2, -0.15) is 0 Å². The fraction of sp³-hybridized carbons (Fsp3) is 0.933. The molecule has 2 atom stereocenters. The maximum atomic E-state index is 11.8. The predicted molar refractivity (Wildman–Crippen MR) is 83.8 cm³/mol. The van der Waals surface area contributed by atoms with Crippen LogP contribution in [-0.2, 0) is 4.74 Å². The minimum atomic E-state index is -0.481. The Kier molecular flexibility index (Phi) is 8.13. The second-order valence-corrected chi connectivity index (χ2v) is 6.90. The van der Waals surface area contributed by atoms with Crippen molar-refractivity contribution in [3.05, 3.63) is 0 Å². The Morgan fingerprint density at radius 3 is 2.25 bits per heavy atom. The number of alkyl carbamates (subject to hydrolysis) is 1. The van der Waals surface area contributed by atoms with Gasteiger partial charge in [-0.3, -0.25) is 0 Å². The Hall–Kier alpha value is -0.810. The second kappa shape index (κ2) is 8.47. The van der Waals surface area contributed by atoms with Crippen molar-refractivity contribution >= 4 is 6.09 Å². The van der Waals surface area contributed by atoms with Gasteiger partial charge in [0.15, 0.2) is 0 Å². The molecular formula is C15H33N3O2. The molecule has 20 heavy (non-hydrogen) atoms. The number of carbonyl (C=O) groups is 1. The molecule has 3 N–H and O–H groups in total. The number of nitrogens with one attached hydrogen (secondary N) is 1. The lowest BCUT2D eigenvalue weighted by atomic mass is 10.1. The van der Waals surface area contributed by atoms with Gasteiger partial charge in [-0.05, 0) is 53.6 Å². The number of nitrogens with zero attached hydrogens (tertiary/aromatic N) is 1. The molecule has 2 unspecified atom stereocenters. The van der Waals surface area contributed by atoms with E-state index in [0.717, 1.165) is 13.0 Å². The number of ether oxygens (including phenoxy) is 1. The molecule has 120 valence electrons. The maximum absolute atomic E-state index is 11.8. The molecule has 0 aliphatic rings. The zero-order valence-electron chi connectivity index (χ0n) is 14.2. The zero-order valence-corrected chi connectivity index (χ0v) is 14.2. The van der Waals surface area contributed by atoms with Crippen LogP contribution in [0.5, 0.6) is 0 Å². The van der Waals surface area contributed by atoms with Crippen LogP contribution in [0.15, 0.2) is 0 Å². The summed E-state index contributed by atoms with van der Waals surface area (Å²) >= 11 is 0. The molecule has 0 rings (SSSR count). The fourth-order valence-electron chi connectivity index (χ4n) is 1.98. The van der Waals surface area contributed by atoms with E-state index in [4.69, 9.17) is 10.5 Å². The zero-order chi connectivity index (χ0) is 15.9. The van der Waals surface area contributed by atoms with Gasteiger partial charge in [0, 0.05) is 18.6 Å². The third kappa shape index (κ3) is 8.38. The smallest absolute Gasteiger partial charge is 0.407 e. The number of hydrogen-bond donors (Lipinski definition) is 2. The highest BCUT2D eigenvalue weighted by Gasteiger charge is 2.24. The Morgan fingerprint density at radius 2 is 1.85 bits per heavy atom. The van der Waals surface area contributed by atoms with Crippen LogP contribution in [-0.4, -0.2) is 48.8 Å². The van der Waals surface area contributed by atoms with Crippen LogP contribution < -0.4 is 11.1 Å². The molecule has 0 bridgehead atoms. The first-order valence-electron chi connectivity index (χ1n) is 7.46. The van der Waals surface area contributed by atoms with E-state index in [2.05, 4.69) is 24.1 Å². The van der Waals surface area contributed by atoms with E-state index in [0.29, 0.717) is 12.5 Å². The molecule has 5 nitrogen and oxygen atoms in total. The van der Waals surface area contributed by atoms with Crippen LogP contribution in [0.3, 0.4) is 0 Å². The average Bonchev–Trinajstić information content (AvgIpc) is 2.24. The van der Waals surface area contributed by atoms with Gasteiger partial charge < -0.3 is 20.7 Å². The number of hydrogen-bond acceptors (Lipinski definition) is 4. The van der Waals surface area contributed by atoms with E-state index >= 15 is 0 Å². The fourth-order valence-corrected chi connectivity index (χ4v) is 1.98. The van der Waals surface area contributed by atoms with E-state index in [9.17, 15) is 4.79 Å². The van der Waals surface area contributed by atoms with Crippen molar-refractivity contribution in [3.63, 3.8) is 0 Å². The summed E-state index contributed by atoms with van der Waals surface area (Å²) in [5, 5.41) is 2.87. The molecule has 0 spiro atoms. The molecule has 1 amide bonds. The molecule has 0 heterocycles. The molecule has 0 aromatic heterocycles. The van der Waals surface area contributed by atoms with Gasteiger partial charge in [-0.1, -0.05) is 13.8 Å². The summed E-state index contributed by atoms with van der Waals surface area (Å²) in [6.45, 7) is 13.4. The summed E-state index contributed by atoms with van der Waals surface area (Å²) in [5.41, 5.74) is 5.37. The molecule has 0 aromatic carbocycles. The van der Waals surface area contributed by atoms with Crippen LogP contribution >= 0.6 is 0 Å². The summed E-state index contributed by atoms with van der Waals surface area (Å²) in [5.74, 6) is 0.657. The Morgan fingerprint density at radius 1 is 1.30 bits per heavy atom. The van der Waals surface area contributed by atoms with E-state index in [1.807, 2.05) is 34.7 Å². The Labute approximate surface area is 124 Å². The molecule has 0 saturated heterocycles. The van der Waals surface area contributed by atoms with Crippen molar-refractivity contribution < 1.29 is 9.53 Å². The molecular weight excluding hydrogens is 254 g/mol. The lowest BCUT2D eigenvalue weighted by Crippen LogP contribution is -2.53. The van der Waals surface area contributed by atoms with E-state index in [-0.39, 0.29) is 18.2 Å². The SMILES string of the molecule is CC(C)CCN(C)C(CN)C(C)NC(=O)OC(C)(C)C. The van der Waals surface area contributed by atoms with Crippen LogP contribution in [0.1, 0.15) is 48.0 Å². The third-order valence-electron chi connectivity index (χ3n) is 3.19. The van der Waals surface area contributed by atoms with Crippen molar-refractivity contribution in [1.29, 1.82) is 0 Å². The van der Waals surface area contributed by atoms with E-state index in [1.54, 1.807) is 0 Å². The number of likely N-dealkylation sites (N-methyl/N-ethyl adjacent to an activating group) is 1. The van der Waals surface area contributed by atoms with Crippen LogP contribution in [0.2, 0.25) is 0 Å². The summed E-state index contributed by atoms with van der Waals surface area (Å²) < 4.78 is 5.27. The highest BCUT2D eigenvalue weighted by atomic mass is 16.6. The summed E-state index contributed by atoms with van der Waals surface area (Å²) in [6, 6.07) is 0.0632. The van der Waals surface area contributed by atoms with Crippen molar-refractivity contribution in [2.45, 2.75) is 65.6 Å². The number of nitrogens with two attached hydrogens (primary N) is 1. The molecule has 0 aromatic rings. The average molecular weight is 287 g/mol. The van der Waals surface area contributed by atoms with Crippen molar-refractivity contribution in [2.24, 2.45) is 11.7 Å². The monoisotopic (exact) mass is 287 g/mol. The summed E-state index contributed by atoms with van der Waals surface area (Å²) in [6.07, 6.45) is 0.729. The van der Waals surface area contributed by atoms with Gasteiger partial charge >= 0.3 is 6.09 Å². The molecule has 5 heteroatoms. The Balaban J connectivity index is 4.39. The molecule has 0 radical (unpaired) electrons. The normalized spacial score (nSPS) is 15.3. The third-order valence-corrected chi connectivity index (χ3v) is 3.19. The number of rotatable bonds is 7. The van der Waals surface area contributed by atoms with Gasteiger partial charge in [0.1, 0.15) is 5.60 Å². The summed E-state index contributed by atoms with van der Waals surface area (Å²) in [4.78, 5) is 14.0. The standard InChI is InChI=1S/C15H33N3O2/c1-11(2)8-9-18(7)13(10-16)12(3)17-14(19)20-15(4,5)6/h11-13H,8-10,16H2,1-7H3,(H,17,19). The first-order valence-corrected chi connectivity index (χ1v) is 7.46. The van der Waals surface area contributed by atoms with Crippen LogP contribution in [0, 0.1) is 5.92 Å². The van der Waals surface area contributed by atoms with Gasteiger partial charge in [0.2, 0.25) is 0 Å². The highest BCUT2D eigenvalue weighted by molar-refractivity contribution is 5.68. The van der Waals surface area contributed by atoms with E-state index < -0.39 is 5.60 Å². The maximum Gasteiger partial charge on any atom is 0.407 e. The lowest BCUT2D eigenvalue weighted by Gasteiger charge is -2.33. The minimum Gasteiger partial charge on any atom is -0.444 e. The van der Waals surface area contributed by atoms with Crippen molar-refractivity contribution in [2.75, 3.05) is 20.1 Å². The topological polar surface area (TPSA) is 67.6 Å². The van der Waals surface area contributed by atoms with Gasteiger partial charge in [-0.25, -0.2) is 4.79 Å². The molecule has 0 aliphatic carbocycles. The predicted octanol–water partition coefficient (Wildman–Crippen LogP) is 2.20. The van der Waals surface area contributed by atoms with Gasteiger partial charge in [0.25, 0.3) is 0 Å². The molecule has 0 aliphatic heterocycles. The van der Waals surface area contributed by atoms with Gasteiger partial charge in [-0.15, -0.1) is 0 Å². The van der Waals surface area contributed by atoms with Crippen LogP contribution in [0.25, 0.3) is 0 Å². The Bertz CT molecular complexity index is 287. The molecule has 0 saturated carbocycles. The largest absolute Gasteiger partial charge is 0.444 e. The quantitative estimate of drug-likeness (QED) is 0.753.